The van der Waals surface area contributed by atoms with E-state index in [4.69, 9.17) is 9.47 Å². The van der Waals surface area contributed by atoms with Crippen LogP contribution in [0.3, 0.4) is 0 Å². The van der Waals surface area contributed by atoms with Gasteiger partial charge < -0.3 is 14.0 Å². The first-order valence-electron chi connectivity index (χ1n) is 9.34. The molecule has 1 N–H and O–H groups in total. The van der Waals surface area contributed by atoms with Crippen LogP contribution < -0.4 is 14.8 Å². The molecule has 160 valence electrons. The fraction of sp³-hybridized carbons (Fsp3) is 0.421. The van der Waals surface area contributed by atoms with Crippen LogP contribution in [0.5, 0.6) is 11.5 Å². The van der Waals surface area contributed by atoms with Gasteiger partial charge in [-0.2, -0.15) is 0 Å². The van der Waals surface area contributed by atoms with Gasteiger partial charge in [0.25, 0.3) is 0 Å². The van der Waals surface area contributed by atoms with E-state index in [9.17, 15) is 4.79 Å². The largest absolute Gasteiger partial charge is 0.493 e. The molecule has 0 aliphatic heterocycles. The number of aromatic nitrogens is 5. The summed E-state index contributed by atoms with van der Waals surface area (Å²) in [6, 6.07) is 5.74. The lowest BCUT2D eigenvalue weighted by Crippen LogP contribution is -2.25. The number of nitrogens with one attached hydrogen (secondary N) is 1. The third-order valence-electron chi connectivity index (χ3n) is 4.27. The molecule has 1 amide bonds. The molecule has 9 nitrogen and oxygen atoms in total. The van der Waals surface area contributed by atoms with Gasteiger partial charge in [0.05, 0.1) is 12.4 Å². The highest BCUT2D eigenvalue weighted by Crippen LogP contribution is 2.29. The van der Waals surface area contributed by atoms with Crippen LogP contribution in [0.2, 0.25) is 0 Å². The summed E-state index contributed by atoms with van der Waals surface area (Å²) in [5.41, 5.74) is 1.09. The molecule has 0 aliphatic carbocycles. The van der Waals surface area contributed by atoms with Gasteiger partial charge in [-0.3, -0.25) is 10.1 Å². The number of rotatable bonds is 9. The monoisotopic (exact) mass is 448 g/mol. The van der Waals surface area contributed by atoms with Gasteiger partial charge >= 0.3 is 0 Å². The highest BCUT2D eigenvalue weighted by molar-refractivity contribution is 8.00. The Hall–Kier alpha value is -2.66. The van der Waals surface area contributed by atoms with E-state index in [0.717, 1.165) is 10.6 Å². The standard InChI is InChI=1S/C19H24N6O3S2/c1-6-15(17(26)20-18-23-21-12(3)29-18)30-19-24-22-16(25(19)4)10-28-13-8-7-11(2)9-14(13)27-5/h7-9,15H,6,10H2,1-5H3,(H,20,23,26)/t15-/m1/s1. The molecule has 30 heavy (non-hydrogen) atoms. The van der Waals surface area contributed by atoms with Crippen molar-refractivity contribution >= 4 is 34.1 Å². The molecule has 0 radical (unpaired) electrons. The molecule has 2 heterocycles. The van der Waals surface area contributed by atoms with Crippen molar-refractivity contribution in [1.82, 2.24) is 25.0 Å². The lowest BCUT2D eigenvalue weighted by Gasteiger charge is -2.13. The Morgan fingerprint density at radius 1 is 1.23 bits per heavy atom. The molecule has 0 spiro atoms. The van der Waals surface area contributed by atoms with E-state index < -0.39 is 0 Å². The fourth-order valence-electron chi connectivity index (χ4n) is 2.59. The minimum Gasteiger partial charge on any atom is -0.493 e. The molecular formula is C19H24N6O3S2. The maximum atomic E-state index is 12.6. The summed E-state index contributed by atoms with van der Waals surface area (Å²) in [5, 5.41) is 20.7. The zero-order chi connectivity index (χ0) is 21.7. The Bertz CT molecular complexity index is 1020. The van der Waals surface area contributed by atoms with Gasteiger partial charge in [0, 0.05) is 7.05 Å². The SMILES string of the molecule is CC[C@@H](Sc1nnc(COc2ccc(C)cc2OC)n1C)C(=O)Nc1nnc(C)s1. The van der Waals surface area contributed by atoms with E-state index in [1.165, 1.54) is 23.1 Å². The summed E-state index contributed by atoms with van der Waals surface area (Å²) < 4.78 is 13.1. The number of carbonyl (C=O) groups excluding carboxylic acids is 1. The zero-order valence-corrected chi connectivity index (χ0v) is 19.1. The van der Waals surface area contributed by atoms with Crippen molar-refractivity contribution in [2.24, 2.45) is 7.05 Å². The number of thioether (sulfide) groups is 1. The molecule has 3 aromatic rings. The van der Waals surface area contributed by atoms with Crippen molar-refractivity contribution in [3.63, 3.8) is 0 Å². The first-order chi connectivity index (χ1) is 14.4. The summed E-state index contributed by atoms with van der Waals surface area (Å²) in [4.78, 5) is 12.6. The number of hydrogen-bond acceptors (Lipinski definition) is 9. The van der Waals surface area contributed by atoms with Crippen LogP contribution in [-0.4, -0.2) is 43.2 Å². The number of aryl methyl sites for hydroxylation is 2. The van der Waals surface area contributed by atoms with Gasteiger partial charge in [-0.15, -0.1) is 20.4 Å². The number of nitrogens with zero attached hydrogens (tertiary/aromatic N) is 5. The van der Waals surface area contributed by atoms with E-state index >= 15 is 0 Å². The van der Waals surface area contributed by atoms with Crippen LogP contribution in [0.25, 0.3) is 0 Å². The Morgan fingerprint density at radius 2 is 2.03 bits per heavy atom. The van der Waals surface area contributed by atoms with Crippen molar-refractivity contribution < 1.29 is 14.3 Å². The third kappa shape index (κ3) is 5.28. The summed E-state index contributed by atoms with van der Waals surface area (Å²) in [5.74, 6) is 1.82. The molecule has 0 aliphatic rings. The molecule has 0 fully saturated rings. The van der Waals surface area contributed by atoms with Crippen LogP contribution in [0, 0.1) is 13.8 Å². The summed E-state index contributed by atoms with van der Waals surface area (Å²) >= 11 is 2.70. The van der Waals surface area contributed by atoms with Crippen LogP contribution in [0.15, 0.2) is 23.4 Å². The van der Waals surface area contributed by atoms with E-state index in [-0.39, 0.29) is 17.8 Å². The minimum absolute atomic E-state index is 0.135. The smallest absolute Gasteiger partial charge is 0.239 e. The van der Waals surface area contributed by atoms with Gasteiger partial charge in [-0.25, -0.2) is 0 Å². The van der Waals surface area contributed by atoms with Crippen molar-refractivity contribution in [3.8, 4) is 11.5 Å². The average Bonchev–Trinajstić information content (AvgIpc) is 3.29. The lowest BCUT2D eigenvalue weighted by molar-refractivity contribution is -0.115. The number of carbonyl (C=O) groups is 1. The Labute approximate surface area is 183 Å². The summed E-state index contributed by atoms with van der Waals surface area (Å²) in [6.07, 6.45) is 0.632. The summed E-state index contributed by atoms with van der Waals surface area (Å²) in [7, 11) is 3.46. The van der Waals surface area contributed by atoms with Crippen LogP contribution in [0.4, 0.5) is 5.13 Å². The van der Waals surface area contributed by atoms with Gasteiger partial charge in [0.1, 0.15) is 11.6 Å². The third-order valence-corrected chi connectivity index (χ3v) is 6.42. The van der Waals surface area contributed by atoms with Crippen LogP contribution >= 0.6 is 23.1 Å². The topological polar surface area (TPSA) is 104 Å². The lowest BCUT2D eigenvalue weighted by atomic mass is 10.2. The number of hydrogen-bond donors (Lipinski definition) is 1. The minimum atomic E-state index is -0.330. The predicted molar refractivity (Wildman–Crippen MR) is 116 cm³/mol. The average molecular weight is 449 g/mol. The number of benzene rings is 1. The molecule has 1 aromatic carbocycles. The summed E-state index contributed by atoms with van der Waals surface area (Å²) in [6.45, 7) is 6.02. The maximum absolute atomic E-state index is 12.6. The van der Waals surface area contributed by atoms with Crippen LogP contribution in [0.1, 0.15) is 29.7 Å². The molecule has 0 unspecified atom stereocenters. The second kappa shape index (κ2) is 9.90. The zero-order valence-electron chi connectivity index (χ0n) is 17.5. The fourth-order valence-corrected chi connectivity index (χ4v) is 4.13. The molecule has 0 bridgehead atoms. The normalized spacial score (nSPS) is 11.9. The highest BCUT2D eigenvalue weighted by atomic mass is 32.2. The molecule has 1 atom stereocenters. The Balaban J connectivity index is 1.64. The number of methoxy groups -OCH3 is 1. The molecule has 0 saturated heterocycles. The molecule has 2 aromatic heterocycles. The van der Waals surface area contributed by atoms with Crippen molar-refractivity contribution in [3.05, 3.63) is 34.6 Å². The predicted octanol–water partition coefficient (Wildman–Crippen LogP) is 3.38. The van der Waals surface area contributed by atoms with Crippen LogP contribution in [-0.2, 0) is 18.4 Å². The number of amides is 1. The van der Waals surface area contributed by atoms with Crippen molar-refractivity contribution in [2.75, 3.05) is 12.4 Å². The van der Waals surface area contributed by atoms with Gasteiger partial charge in [0.15, 0.2) is 22.5 Å². The number of ether oxygens (including phenoxy) is 2. The van der Waals surface area contributed by atoms with E-state index in [1.54, 1.807) is 7.11 Å². The maximum Gasteiger partial charge on any atom is 0.239 e. The number of anilines is 1. The highest BCUT2D eigenvalue weighted by Gasteiger charge is 2.23. The first kappa shape index (κ1) is 22.0. The molecular weight excluding hydrogens is 424 g/mol. The first-order valence-corrected chi connectivity index (χ1v) is 11.0. The second-order valence-corrected chi connectivity index (χ2v) is 8.88. The van der Waals surface area contributed by atoms with Gasteiger partial charge in [-0.1, -0.05) is 36.1 Å². The molecule has 11 heteroatoms. The van der Waals surface area contributed by atoms with Gasteiger partial charge in [-0.05, 0) is 38.0 Å². The van der Waals surface area contributed by atoms with E-state index in [0.29, 0.717) is 34.0 Å². The molecule has 3 rings (SSSR count). The van der Waals surface area contributed by atoms with E-state index in [1.807, 2.05) is 50.6 Å². The quantitative estimate of drug-likeness (QED) is 0.497. The van der Waals surface area contributed by atoms with Gasteiger partial charge in [0.2, 0.25) is 11.0 Å². The van der Waals surface area contributed by atoms with Crippen molar-refractivity contribution in [2.45, 2.75) is 44.2 Å². The van der Waals surface area contributed by atoms with E-state index in [2.05, 4.69) is 25.7 Å². The Morgan fingerprint density at radius 3 is 2.70 bits per heavy atom. The Kier molecular flexibility index (Phi) is 7.27. The molecule has 0 saturated carbocycles. The van der Waals surface area contributed by atoms with Crippen molar-refractivity contribution in [1.29, 1.82) is 0 Å². The second-order valence-electron chi connectivity index (χ2n) is 6.53.